The number of nitrogens with zero attached hydrogens (tertiary/aromatic N) is 1. The number of aromatic nitrogens is 1. The number of ether oxygens (including phenoxy) is 1. The van der Waals surface area contributed by atoms with Gasteiger partial charge in [-0.05, 0) is 25.1 Å². The van der Waals surface area contributed by atoms with Gasteiger partial charge in [0, 0.05) is 17.0 Å². The quantitative estimate of drug-likeness (QED) is 0.839. The lowest BCUT2D eigenvalue weighted by atomic mass is 9.91. The lowest BCUT2D eigenvalue weighted by Crippen LogP contribution is -2.24. The number of hydrogen-bond donors (Lipinski definition) is 0. The van der Waals surface area contributed by atoms with E-state index in [0.29, 0.717) is 13.2 Å². The van der Waals surface area contributed by atoms with Crippen molar-refractivity contribution in [1.82, 2.24) is 4.57 Å². The van der Waals surface area contributed by atoms with Crippen LogP contribution in [-0.2, 0) is 11.3 Å². The zero-order valence-corrected chi connectivity index (χ0v) is 12.1. The molecular weight excluding hydrogens is 238 g/mol. The summed E-state index contributed by atoms with van der Waals surface area (Å²) < 4.78 is 7.60. The van der Waals surface area contributed by atoms with Crippen LogP contribution in [-0.4, -0.2) is 17.0 Å². The Kier molecular flexibility index (Phi) is 3.65. The minimum Gasteiger partial charge on any atom is -0.493 e. The highest BCUT2D eigenvalue weighted by Gasteiger charge is 2.21. The second kappa shape index (κ2) is 5.08. The third-order valence-electron chi connectivity index (χ3n) is 3.22. The highest BCUT2D eigenvalue weighted by molar-refractivity contribution is 5.89. The largest absolute Gasteiger partial charge is 0.493 e. The number of ketones is 1. The molecule has 19 heavy (non-hydrogen) atoms. The van der Waals surface area contributed by atoms with Crippen LogP contribution in [0.2, 0.25) is 0 Å². The number of carbonyl (C=O) groups excluding carboxylic acids is 1. The van der Waals surface area contributed by atoms with E-state index in [0.717, 1.165) is 16.7 Å². The molecule has 0 unspecified atom stereocenters. The second-order valence-electron chi connectivity index (χ2n) is 5.74. The maximum atomic E-state index is 12.1. The first-order chi connectivity index (χ1) is 8.93. The summed E-state index contributed by atoms with van der Waals surface area (Å²) in [6.45, 7) is 8.87. The normalized spacial score (nSPS) is 11.8. The Labute approximate surface area is 114 Å². The van der Waals surface area contributed by atoms with Crippen molar-refractivity contribution >= 4 is 16.7 Å². The van der Waals surface area contributed by atoms with Crippen molar-refractivity contribution < 1.29 is 9.53 Å². The Hall–Kier alpha value is -1.77. The number of carbonyl (C=O) groups is 1. The predicted octanol–water partition coefficient (Wildman–Crippen LogP) is 3.66. The Bertz CT molecular complexity index is 590. The summed E-state index contributed by atoms with van der Waals surface area (Å²) in [4.78, 5) is 12.1. The van der Waals surface area contributed by atoms with Crippen LogP contribution in [0.5, 0.6) is 5.75 Å². The van der Waals surface area contributed by atoms with Gasteiger partial charge < -0.3 is 9.30 Å². The fraction of sp³-hybridized carbons (Fsp3) is 0.438. The maximum Gasteiger partial charge on any atom is 0.157 e. The van der Waals surface area contributed by atoms with E-state index in [2.05, 4.69) is 0 Å². The highest BCUT2D eigenvalue weighted by atomic mass is 16.5. The molecule has 0 fully saturated rings. The maximum absolute atomic E-state index is 12.1. The minimum absolute atomic E-state index is 0.229. The molecule has 102 valence electrons. The summed E-state index contributed by atoms with van der Waals surface area (Å²) in [5.74, 6) is 1.11. The van der Waals surface area contributed by atoms with Crippen molar-refractivity contribution in [3.8, 4) is 5.75 Å². The molecule has 0 spiro atoms. The lowest BCUT2D eigenvalue weighted by molar-refractivity contribution is -0.126. The molecule has 2 aromatic rings. The zero-order valence-electron chi connectivity index (χ0n) is 12.1. The van der Waals surface area contributed by atoms with Crippen LogP contribution in [0.25, 0.3) is 10.9 Å². The van der Waals surface area contributed by atoms with Gasteiger partial charge in [-0.15, -0.1) is 0 Å². The minimum atomic E-state index is -0.311. The average Bonchev–Trinajstić information content (AvgIpc) is 2.73. The molecule has 0 aliphatic heterocycles. The average molecular weight is 259 g/mol. The van der Waals surface area contributed by atoms with Gasteiger partial charge in [-0.1, -0.05) is 26.8 Å². The van der Waals surface area contributed by atoms with Gasteiger partial charge in [0.05, 0.1) is 18.7 Å². The van der Waals surface area contributed by atoms with Gasteiger partial charge in [-0.3, -0.25) is 4.79 Å². The van der Waals surface area contributed by atoms with E-state index < -0.39 is 0 Å². The summed E-state index contributed by atoms with van der Waals surface area (Å²) >= 11 is 0. The van der Waals surface area contributed by atoms with Gasteiger partial charge in [0.2, 0.25) is 0 Å². The van der Waals surface area contributed by atoms with E-state index in [9.17, 15) is 4.79 Å². The van der Waals surface area contributed by atoms with Crippen LogP contribution in [0.3, 0.4) is 0 Å². The molecule has 1 aromatic heterocycles. The number of benzene rings is 1. The summed E-state index contributed by atoms with van der Waals surface area (Å²) in [5, 5.41) is 1.06. The van der Waals surface area contributed by atoms with Crippen molar-refractivity contribution in [3.63, 3.8) is 0 Å². The first kappa shape index (κ1) is 13.7. The third kappa shape index (κ3) is 2.80. The molecule has 0 N–H and O–H groups in total. The lowest BCUT2D eigenvalue weighted by Gasteiger charge is -2.17. The van der Waals surface area contributed by atoms with Gasteiger partial charge in [0.1, 0.15) is 5.75 Å². The van der Waals surface area contributed by atoms with Gasteiger partial charge >= 0.3 is 0 Å². The van der Waals surface area contributed by atoms with Crippen LogP contribution < -0.4 is 4.74 Å². The van der Waals surface area contributed by atoms with Crippen molar-refractivity contribution in [2.45, 2.75) is 34.2 Å². The van der Waals surface area contributed by atoms with E-state index in [1.54, 1.807) is 0 Å². The van der Waals surface area contributed by atoms with Crippen LogP contribution in [0.4, 0.5) is 0 Å². The Balaban J connectivity index is 2.36. The van der Waals surface area contributed by atoms with Crippen molar-refractivity contribution in [3.05, 3.63) is 30.5 Å². The fourth-order valence-electron chi connectivity index (χ4n) is 2.01. The molecule has 0 saturated heterocycles. The van der Waals surface area contributed by atoms with Crippen LogP contribution in [0.15, 0.2) is 30.5 Å². The standard InChI is InChI=1S/C16H21NO2/c1-5-19-14-8-6-7-13-12(14)9-10-17(13)11-15(18)16(2,3)4/h6-10H,5,11H2,1-4H3. The van der Waals surface area contributed by atoms with Gasteiger partial charge in [0.25, 0.3) is 0 Å². The van der Waals surface area contributed by atoms with E-state index in [-0.39, 0.29) is 11.2 Å². The molecule has 0 aliphatic rings. The van der Waals surface area contributed by atoms with Crippen LogP contribution >= 0.6 is 0 Å². The molecule has 0 atom stereocenters. The van der Waals surface area contributed by atoms with E-state index >= 15 is 0 Å². The molecule has 1 aromatic carbocycles. The number of Topliss-reactive ketones (excluding diaryl/α,β-unsaturated/α-hetero) is 1. The first-order valence-corrected chi connectivity index (χ1v) is 6.67. The van der Waals surface area contributed by atoms with E-state index in [4.69, 9.17) is 4.74 Å². The summed E-state index contributed by atoms with van der Waals surface area (Å²) in [6.07, 6.45) is 1.96. The first-order valence-electron chi connectivity index (χ1n) is 6.67. The van der Waals surface area contributed by atoms with Crippen LogP contribution in [0, 0.1) is 5.41 Å². The molecule has 3 heteroatoms. The second-order valence-corrected chi connectivity index (χ2v) is 5.74. The Morgan fingerprint density at radius 1 is 1.26 bits per heavy atom. The smallest absolute Gasteiger partial charge is 0.157 e. The molecule has 2 rings (SSSR count). The fourth-order valence-corrected chi connectivity index (χ4v) is 2.01. The number of hydrogen-bond acceptors (Lipinski definition) is 2. The van der Waals surface area contributed by atoms with E-state index in [1.165, 1.54) is 0 Å². The molecule has 3 nitrogen and oxygen atoms in total. The number of fused-ring (bicyclic) bond motifs is 1. The topological polar surface area (TPSA) is 31.2 Å². The molecule has 0 saturated carbocycles. The molecule has 0 radical (unpaired) electrons. The molecule has 1 heterocycles. The SMILES string of the molecule is CCOc1cccc2c1ccn2CC(=O)C(C)(C)C. The monoisotopic (exact) mass is 259 g/mol. The van der Waals surface area contributed by atoms with Crippen molar-refractivity contribution in [2.24, 2.45) is 5.41 Å². The predicted molar refractivity (Wildman–Crippen MR) is 77.6 cm³/mol. The van der Waals surface area contributed by atoms with Gasteiger partial charge in [0.15, 0.2) is 5.78 Å². The van der Waals surface area contributed by atoms with Crippen LogP contribution in [0.1, 0.15) is 27.7 Å². The zero-order chi connectivity index (χ0) is 14.0. The Morgan fingerprint density at radius 3 is 2.63 bits per heavy atom. The van der Waals surface area contributed by atoms with Crippen molar-refractivity contribution in [1.29, 1.82) is 0 Å². The molecule has 0 aliphatic carbocycles. The summed E-state index contributed by atoms with van der Waals surface area (Å²) in [7, 11) is 0. The summed E-state index contributed by atoms with van der Waals surface area (Å²) in [5.41, 5.74) is 0.734. The van der Waals surface area contributed by atoms with Crippen molar-refractivity contribution in [2.75, 3.05) is 6.61 Å². The van der Waals surface area contributed by atoms with Gasteiger partial charge in [-0.2, -0.15) is 0 Å². The molecule has 0 bridgehead atoms. The number of rotatable bonds is 4. The highest BCUT2D eigenvalue weighted by Crippen LogP contribution is 2.27. The molecule has 0 amide bonds. The Morgan fingerprint density at radius 2 is 2.00 bits per heavy atom. The molecular formula is C16H21NO2. The van der Waals surface area contributed by atoms with E-state index in [1.807, 2.05) is 62.7 Å². The summed E-state index contributed by atoms with van der Waals surface area (Å²) in [6, 6.07) is 7.96. The van der Waals surface area contributed by atoms with Gasteiger partial charge in [-0.25, -0.2) is 0 Å². The third-order valence-corrected chi connectivity index (χ3v) is 3.22.